The first kappa shape index (κ1) is 17.2. The fourth-order valence-electron chi connectivity index (χ4n) is 2.40. The number of nitrogens with one attached hydrogen (secondary N) is 1. The molecular formula is C18H25N3O2. The molecule has 0 radical (unpaired) electrons. The molecule has 0 fully saturated rings. The van der Waals surface area contributed by atoms with E-state index in [-0.39, 0.29) is 6.04 Å². The Morgan fingerprint density at radius 1 is 1.35 bits per heavy atom. The summed E-state index contributed by atoms with van der Waals surface area (Å²) in [4.78, 5) is 15.3. The first-order valence-electron chi connectivity index (χ1n) is 7.88. The van der Waals surface area contributed by atoms with Crippen molar-refractivity contribution in [3.05, 3.63) is 48.0 Å². The lowest BCUT2D eigenvalue weighted by molar-refractivity contribution is -0.147. The number of carboxylic acids is 1. The van der Waals surface area contributed by atoms with Gasteiger partial charge in [-0.2, -0.15) is 0 Å². The predicted molar refractivity (Wildman–Crippen MR) is 90.8 cm³/mol. The number of aromatic nitrogens is 2. The summed E-state index contributed by atoms with van der Waals surface area (Å²) in [5.74, 6) is 0.201. The van der Waals surface area contributed by atoms with E-state index < -0.39 is 11.4 Å². The summed E-state index contributed by atoms with van der Waals surface area (Å²) >= 11 is 0. The van der Waals surface area contributed by atoms with Crippen LogP contribution in [0.3, 0.4) is 0 Å². The minimum absolute atomic E-state index is 0.178. The van der Waals surface area contributed by atoms with Crippen LogP contribution in [0.15, 0.2) is 36.7 Å². The number of carbonyl (C=O) groups is 1. The standard InChI is InChI=1S/C18H25N3O2/c1-13(19-10-9-18(3,4)17(22)23)15-5-7-16(8-6-15)21-12-11-20-14(21)2/h5-8,11-13,19H,9-10H2,1-4H3,(H,22,23). The summed E-state index contributed by atoms with van der Waals surface area (Å²) in [5, 5.41) is 12.5. The maximum absolute atomic E-state index is 11.1. The van der Waals surface area contributed by atoms with Crippen LogP contribution in [-0.2, 0) is 4.79 Å². The molecular weight excluding hydrogens is 290 g/mol. The molecule has 0 aliphatic heterocycles. The largest absolute Gasteiger partial charge is 0.481 e. The van der Waals surface area contributed by atoms with E-state index in [2.05, 4.69) is 41.5 Å². The van der Waals surface area contributed by atoms with Crippen molar-refractivity contribution in [2.75, 3.05) is 6.54 Å². The fraction of sp³-hybridized carbons (Fsp3) is 0.444. The zero-order chi connectivity index (χ0) is 17.0. The first-order chi connectivity index (χ1) is 10.8. The molecule has 1 atom stereocenters. The minimum Gasteiger partial charge on any atom is -0.481 e. The quantitative estimate of drug-likeness (QED) is 0.822. The molecule has 2 aromatic rings. The van der Waals surface area contributed by atoms with Crippen LogP contribution in [-0.4, -0.2) is 27.2 Å². The van der Waals surface area contributed by atoms with E-state index >= 15 is 0 Å². The molecule has 2 rings (SSSR count). The Hall–Kier alpha value is -2.14. The number of aryl methyl sites for hydroxylation is 1. The summed E-state index contributed by atoms with van der Waals surface area (Å²) in [6.07, 6.45) is 4.33. The van der Waals surface area contributed by atoms with Crippen LogP contribution in [0.1, 0.15) is 44.6 Å². The Kier molecular flexibility index (Phi) is 5.21. The fourth-order valence-corrected chi connectivity index (χ4v) is 2.40. The van der Waals surface area contributed by atoms with Crippen molar-refractivity contribution < 1.29 is 9.90 Å². The van der Waals surface area contributed by atoms with Crippen LogP contribution < -0.4 is 5.32 Å². The van der Waals surface area contributed by atoms with Crippen LogP contribution in [0.2, 0.25) is 0 Å². The summed E-state index contributed by atoms with van der Waals surface area (Å²) in [6, 6.07) is 8.51. The third-order valence-corrected chi connectivity index (χ3v) is 4.28. The van der Waals surface area contributed by atoms with Gasteiger partial charge in [-0.25, -0.2) is 4.98 Å². The average molecular weight is 315 g/mol. The van der Waals surface area contributed by atoms with Crippen LogP contribution >= 0.6 is 0 Å². The summed E-state index contributed by atoms with van der Waals surface area (Å²) in [6.45, 7) is 8.24. The zero-order valence-electron chi connectivity index (χ0n) is 14.2. The predicted octanol–water partition coefficient (Wildman–Crippen LogP) is 3.33. The maximum Gasteiger partial charge on any atom is 0.309 e. The Labute approximate surface area is 137 Å². The van der Waals surface area contributed by atoms with E-state index in [1.165, 1.54) is 5.56 Å². The minimum atomic E-state index is -0.757. The number of rotatable bonds is 7. The highest BCUT2D eigenvalue weighted by Gasteiger charge is 2.26. The molecule has 1 aromatic carbocycles. The van der Waals surface area contributed by atoms with Gasteiger partial charge in [0.15, 0.2) is 0 Å². The molecule has 1 unspecified atom stereocenters. The van der Waals surface area contributed by atoms with Gasteiger partial charge in [0.05, 0.1) is 5.41 Å². The Bertz CT molecular complexity index is 659. The molecule has 0 saturated carbocycles. The van der Waals surface area contributed by atoms with Gasteiger partial charge in [-0.15, -0.1) is 0 Å². The highest BCUT2D eigenvalue weighted by Crippen LogP contribution is 2.21. The number of carboxylic acid groups (broad SMARTS) is 1. The van der Waals surface area contributed by atoms with Crippen molar-refractivity contribution in [2.24, 2.45) is 5.41 Å². The molecule has 5 heteroatoms. The highest BCUT2D eigenvalue weighted by molar-refractivity contribution is 5.73. The van der Waals surface area contributed by atoms with Gasteiger partial charge < -0.3 is 15.0 Å². The van der Waals surface area contributed by atoms with E-state index in [4.69, 9.17) is 5.11 Å². The molecule has 124 valence electrons. The highest BCUT2D eigenvalue weighted by atomic mass is 16.4. The number of benzene rings is 1. The Morgan fingerprint density at radius 2 is 2.00 bits per heavy atom. The summed E-state index contributed by atoms with van der Waals surface area (Å²) in [7, 11) is 0. The second-order valence-corrected chi connectivity index (χ2v) is 6.55. The van der Waals surface area contributed by atoms with E-state index in [9.17, 15) is 4.79 Å². The molecule has 0 bridgehead atoms. The normalized spacial score (nSPS) is 13.0. The smallest absolute Gasteiger partial charge is 0.309 e. The topological polar surface area (TPSA) is 67.2 Å². The summed E-state index contributed by atoms with van der Waals surface area (Å²) < 4.78 is 2.04. The number of hydrogen-bond acceptors (Lipinski definition) is 3. The molecule has 1 heterocycles. The number of aliphatic carboxylic acids is 1. The van der Waals surface area contributed by atoms with Crippen molar-refractivity contribution in [2.45, 2.75) is 40.2 Å². The molecule has 0 spiro atoms. The van der Waals surface area contributed by atoms with Crippen LogP contribution in [0.5, 0.6) is 0 Å². The van der Waals surface area contributed by atoms with Gasteiger partial charge in [-0.05, 0) is 58.4 Å². The Balaban J connectivity index is 1.94. The van der Waals surface area contributed by atoms with Gasteiger partial charge in [0, 0.05) is 24.1 Å². The van der Waals surface area contributed by atoms with E-state index in [0.717, 1.165) is 11.5 Å². The average Bonchev–Trinajstić information content (AvgIpc) is 2.93. The monoisotopic (exact) mass is 315 g/mol. The lowest BCUT2D eigenvalue weighted by Gasteiger charge is -2.21. The molecule has 0 amide bonds. The van der Waals surface area contributed by atoms with Gasteiger partial charge >= 0.3 is 5.97 Å². The van der Waals surface area contributed by atoms with Gasteiger partial charge in [0.2, 0.25) is 0 Å². The van der Waals surface area contributed by atoms with Crippen LogP contribution in [0, 0.1) is 12.3 Å². The second kappa shape index (κ2) is 6.96. The molecule has 5 nitrogen and oxygen atoms in total. The molecule has 2 N–H and O–H groups in total. The zero-order valence-corrected chi connectivity index (χ0v) is 14.2. The third-order valence-electron chi connectivity index (χ3n) is 4.28. The van der Waals surface area contributed by atoms with Gasteiger partial charge in [0.1, 0.15) is 5.82 Å². The van der Waals surface area contributed by atoms with Gasteiger partial charge in [-0.3, -0.25) is 4.79 Å². The molecule has 0 saturated heterocycles. The number of imidazole rings is 1. The second-order valence-electron chi connectivity index (χ2n) is 6.55. The van der Waals surface area contributed by atoms with E-state index in [1.54, 1.807) is 20.0 Å². The summed E-state index contributed by atoms with van der Waals surface area (Å²) in [5.41, 5.74) is 1.57. The van der Waals surface area contributed by atoms with E-state index in [1.807, 2.05) is 17.7 Å². The molecule has 0 aliphatic carbocycles. The lowest BCUT2D eigenvalue weighted by atomic mass is 9.89. The Morgan fingerprint density at radius 3 is 2.52 bits per heavy atom. The van der Waals surface area contributed by atoms with Gasteiger partial charge in [0.25, 0.3) is 0 Å². The molecule has 23 heavy (non-hydrogen) atoms. The maximum atomic E-state index is 11.1. The van der Waals surface area contributed by atoms with Crippen LogP contribution in [0.4, 0.5) is 0 Å². The number of hydrogen-bond donors (Lipinski definition) is 2. The van der Waals surface area contributed by atoms with Crippen molar-refractivity contribution in [1.82, 2.24) is 14.9 Å². The van der Waals surface area contributed by atoms with Gasteiger partial charge in [-0.1, -0.05) is 12.1 Å². The number of nitrogens with zero attached hydrogens (tertiary/aromatic N) is 2. The van der Waals surface area contributed by atoms with Crippen molar-refractivity contribution >= 4 is 5.97 Å². The molecule has 0 aliphatic rings. The van der Waals surface area contributed by atoms with Crippen molar-refractivity contribution in [3.63, 3.8) is 0 Å². The van der Waals surface area contributed by atoms with Crippen molar-refractivity contribution in [3.8, 4) is 5.69 Å². The van der Waals surface area contributed by atoms with Crippen LogP contribution in [0.25, 0.3) is 5.69 Å². The first-order valence-corrected chi connectivity index (χ1v) is 7.88. The lowest BCUT2D eigenvalue weighted by Crippen LogP contribution is -2.30. The SMILES string of the molecule is Cc1nccn1-c1ccc(C(C)NCCC(C)(C)C(=O)O)cc1. The van der Waals surface area contributed by atoms with Crippen molar-refractivity contribution in [1.29, 1.82) is 0 Å². The third kappa shape index (κ3) is 4.20. The molecule has 1 aromatic heterocycles. The van der Waals surface area contributed by atoms with E-state index in [0.29, 0.717) is 13.0 Å².